The highest BCUT2D eigenvalue weighted by atomic mass is 35.5. The smallest absolute Gasteiger partial charge is 0.534 e. The summed E-state index contributed by atoms with van der Waals surface area (Å²) in [5.74, 6) is -8.92. The molecule has 2 aromatic carbocycles. The van der Waals surface area contributed by atoms with E-state index in [1.54, 1.807) is 6.92 Å². The topological polar surface area (TPSA) is 206 Å². The number of carboxylic acids is 1. The fourth-order valence-electron chi connectivity index (χ4n) is 4.47. The molecule has 6 N–H and O–H groups in total. The number of fused-ring (bicyclic) bond motifs is 1. The van der Waals surface area contributed by atoms with Gasteiger partial charge in [-0.3, -0.25) is 19.3 Å². The zero-order valence-corrected chi connectivity index (χ0v) is 22.0. The lowest BCUT2D eigenvalue weighted by molar-refractivity contribution is -0.153. The quantitative estimate of drug-likeness (QED) is 0.152. The molecule has 0 spiro atoms. The zero-order chi connectivity index (χ0) is 30.2. The van der Waals surface area contributed by atoms with Gasteiger partial charge in [-0.1, -0.05) is 23.7 Å². The Hall–Kier alpha value is -4.57. The number of carboxylic acid groups (broad SMARTS) is 1. The number of amides is 5. The Labute approximate surface area is 236 Å². The maximum Gasteiger partial charge on any atom is 0.547 e. The maximum absolute atomic E-state index is 14.1. The van der Waals surface area contributed by atoms with E-state index >= 15 is 0 Å². The van der Waals surface area contributed by atoms with E-state index in [0.29, 0.717) is 4.90 Å². The van der Waals surface area contributed by atoms with Crippen LogP contribution in [0.1, 0.15) is 34.5 Å². The van der Waals surface area contributed by atoms with Crippen LogP contribution in [0.5, 0.6) is 17.2 Å². The van der Waals surface area contributed by atoms with Crippen LogP contribution < -0.4 is 15.3 Å². The molecular weight excluding hydrogens is 570 g/mol. The molecule has 0 aromatic heterocycles. The van der Waals surface area contributed by atoms with Gasteiger partial charge in [-0.25, -0.2) is 14.0 Å². The molecule has 2 aromatic rings. The largest absolute Gasteiger partial charge is 0.547 e. The van der Waals surface area contributed by atoms with Crippen LogP contribution in [0.3, 0.4) is 0 Å². The number of urea groups is 1. The van der Waals surface area contributed by atoms with E-state index < -0.39 is 82.5 Å². The lowest BCUT2D eigenvalue weighted by Crippen LogP contribution is -2.60. The SMILES string of the molecule is CCN1CCN(C(=O)NC(C(=O)N[C@H]2Cc3ccc(F)c(C(=O)O)c3OB2O)c2ccc(O)c(O)c2Cl)C(=O)C1=O. The molecule has 0 aliphatic carbocycles. The Morgan fingerprint density at radius 3 is 2.54 bits per heavy atom. The standard InChI is InChI=1S/C24H23BClFN4O10/c1-2-30-7-8-31(22(36)21(30)35)24(39)29-17(11-4-6-13(32)18(33)16(11)26)20(34)28-14-9-10-3-5-12(27)15(23(37)38)19(10)41-25(14)40/h3-6,14,17,32-33,40H,2,7-9H2,1H3,(H,28,34)(H,29,39)(H,37,38)/t14-,17?/m0/s1. The summed E-state index contributed by atoms with van der Waals surface area (Å²) in [5.41, 5.74) is -0.871. The van der Waals surface area contributed by atoms with Crippen molar-refractivity contribution in [1.29, 1.82) is 0 Å². The van der Waals surface area contributed by atoms with Crippen molar-refractivity contribution < 1.29 is 53.4 Å². The Bertz CT molecular complexity index is 1460. The second kappa shape index (κ2) is 11.5. The van der Waals surface area contributed by atoms with Crippen LogP contribution in [0, 0.1) is 5.82 Å². The number of aromatic carboxylic acids is 1. The summed E-state index contributed by atoms with van der Waals surface area (Å²) >= 11 is 6.15. The van der Waals surface area contributed by atoms with E-state index in [2.05, 4.69) is 10.6 Å². The van der Waals surface area contributed by atoms with Crippen molar-refractivity contribution in [3.8, 4) is 17.2 Å². The fraction of sp³-hybridized carbons (Fsp3) is 0.292. The predicted molar refractivity (Wildman–Crippen MR) is 138 cm³/mol. The van der Waals surface area contributed by atoms with Crippen molar-refractivity contribution >= 4 is 48.4 Å². The number of benzene rings is 2. The molecule has 41 heavy (non-hydrogen) atoms. The number of carbonyl (C=O) groups is 5. The van der Waals surface area contributed by atoms with E-state index in [0.717, 1.165) is 18.2 Å². The first-order chi connectivity index (χ1) is 19.3. The van der Waals surface area contributed by atoms with Gasteiger partial charge in [-0.05, 0) is 31.0 Å². The normalized spacial score (nSPS) is 17.5. The lowest BCUT2D eigenvalue weighted by atomic mass is 9.72. The Morgan fingerprint density at radius 1 is 1.17 bits per heavy atom. The molecule has 0 saturated carbocycles. The Balaban J connectivity index is 1.62. The lowest BCUT2D eigenvalue weighted by Gasteiger charge is -2.33. The van der Waals surface area contributed by atoms with Gasteiger partial charge in [0.05, 0.1) is 11.0 Å². The number of hydrogen-bond acceptors (Lipinski definition) is 9. The number of piperazine rings is 1. The summed E-state index contributed by atoms with van der Waals surface area (Å²) < 4.78 is 19.3. The molecule has 2 heterocycles. The molecule has 2 aliphatic heterocycles. The van der Waals surface area contributed by atoms with Crippen LogP contribution in [0.2, 0.25) is 5.02 Å². The first kappa shape index (κ1) is 29.4. The van der Waals surface area contributed by atoms with Crippen molar-refractivity contribution in [2.24, 2.45) is 0 Å². The zero-order valence-electron chi connectivity index (χ0n) is 21.3. The van der Waals surface area contributed by atoms with Gasteiger partial charge in [-0.15, -0.1) is 0 Å². The highest BCUT2D eigenvalue weighted by Crippen LogP contribution is 2.38. The third kappa shape index (κ3) is 5.56. The first-order valence-electron chi connectivity index (χ1n) is 12.2. The number of carbonyl (C=O) groups excluding carboxylic acids is 4. The van der Waals surface area contributed by atoms with Crippen molar-refractivity contribution in [2.45, 2.75) is 25.3 Å². The van der Waals surface area contributed by atoms with E-state index in [-0.39, 0.29) is 37.2 Å². The van der Waals surface area contributed by atoms with Gasteiger partial charge >= 0.3 is 30.9 Å². The minimum atomic E-state index is -1.85. The minimum absolute atomic E-state index is 0.0516. The second-order valence-corrected chi connectivity index (χ2v) is 9.48. The van der Waals surface area contributed by atoms with Crippen LogP contribution in [0.15, 0.2) is 24.3 Å². The first-order valence-corrected chi connectivity index (χ1v) is 12.5. The molecule has 2 aliphatic rings. The van der Waals surface area contributed by atoms with Crippen molar-refractivity contribution in [2.75, 3.05) is 19.6 Å². The summed E-state index contributed by atoms with van der Waals surface area (Å²) in [6.07, 6.45) is -0.218. The number of imide groups is 1. The number of halogens is 2. The molecule has 4 rings (SSSR count). The van der Waals surface area contributed by atoms with E-state index in [1.807, 2.05) is 0 Å². The van der Waals surface area contributed by atoms with Crippen LogP contribution in [0.25, 0.3) is 0 Å². The third-order valence-electron chi connectivity index (χ3n) is 6.65. The maximum atomic E-state index is 14.1. The number of likely N-dealkylation sites (N-methyl/N-ethyl adjacent to an activating group) is 1. The average Bonchev–Trinajstić information content (AvgIpc) is 2.92. The molecule has 0 bridgehead atoms. The summed E-state index contributed by atoms with van der Waals surface area (Å²) in [5, 5.41) is 43.9. The van der Waals surface area contributed by atoms with Crippen LogP contribution in [-0.2, 0) is 20.8 Å². The minimum Gasteiger partial charge on any atom is -0.534 e. The molecule has 1 fully saturated rings. The van der Waals surface area contributed by atoms with Gasteiger partial charge in [0.2, 0.25) is 5.91 Å². The summed E-state index contributed by atoms with van der Waals surface area (Å²) in [4.78, 5) is 64.7. The summed E-state index contributed by atoms with van der Waals surface area (Å²) in [6.45, 7) is 1.77. The predicted octanol–water partition coefficient (Wildman–Crippen LogP) is 0.170. The fourth-order valence-corrected chi connectivity index (χ4v) is 4.74. The van der Waals surface area contributed by atoms with E-state index in [1.165, 1.54) is 11.0 Å². The third-order valence-corrected chi connectivity index (χ3v) is 7.05. The molecule has 2 atom stereocenters. The number of nitrogens with one attached hydrogen (secondary N) is 2. The van der Waals surface area contributed by atoms with Gasteiger partial charge in [0, 0.05) is 25.2 Å². The monoisotopic (exact) mass is 592 g/mol. The van der Waals surface area contributed by atoms with Gasteiger partial charge in [-0.2, -0.15) is 0 Å². The second-order valence-electron chi connectivity index (χ2n) is 9.10. The summed E-state index contributed by atoms with van der Waals surface area (Å²) in [7, 11) is -1.85. The average molecular weight is 593 g/mol. The summed E-state index contributed by atoms with van der Waals surface area (Å²) in [6, 6.07) is 1.33. The molecule has 0 radical (unpaired) electrons. The Kier molecular flexibility index (Phi) is 8.25. The Morgan fingerprint density at radius 2 is 1.88 bits per heavy atom. The molecule has 5 amide bonds. The van der Waals surface area contributed by atoms with Crippen molar-refractivity contribution in [1.82, 2.24) is 20.4 Å². The number of aromatic hydroxyl groups is 2. The molecular formula is C24H23BClFN4O10. The van der Waals surface area contributed by atoms with Crippen LogP contribution in [-0.4, -0.2) is 92.6 Å². The number of rotatable bonds is 6. The number of nitrogens with zero attached hydrogens (tertiary/aromatic N) is 2. The molecule has 1 saturated heterocycles. The van der Waals surface area contributed by atoms with Gasteiger partial charge in [0.15, 0.2) is 11.5 Å². The van der Waals surface area contributed by atoms with Crippen LogP contribution >= 0.6 is 11.6 Å². The molecule has 216 valence electrons. The van der Waals surface area contributed by atoms with Crippen molar-refractivity contribution in [3.63, 3.8) is 0 Å². The number of phenolic OH excluding ortho intramolecular Hbond substituents is 2. The molecule has 14 nitrogen and oxygen atoms in total. The van der Waals surface area contributed by atoms with Gasteiger partial charge in [0.25, 0.3) is 0 Å². The number of phenols is 2. The highest BCUT2D eigenvalue weighted by molar-refractivity contribution is 6.47. The van der Waals surface area contributed by atoms with Gasteiger partial charge < -0.3 is 40.5 Å². The highest BCUT2D eigenvalue weighted by Gasteiger charge is 2.42. The molecule has 17 heteroatoms. The van der Waals surface area contributed by atoms with E-state index in [9.17, 15) is 48.7 Å². The molecule has 1 unspecified atom stereocenters. The van der Waals surface area contributed by atoms with Gasteiger partial charge in [0.1, 0.15) is 23.2 Å². The van der Waals surface area contributed by atoms with Crippen LogP contribution in [0.4, 0.5) is 9.18 Å². The van der Waals surface area contributed by atoms with E-state index in [4.69, 9.17) is 16.3 Å². The number of hydrogen-bond donors (Lipinski definition) is 6. The van der Waals surface area contributed by atoms with Crippen molar-refractivity contribution in [3.05, 3.63) is 51.8 Å².